The molecule has 0 radical (unpaired) electrons. The predicted octanol–water partition coefficient (Wildman–Crippen LogP) is 2.55. The Morgan fingerprint density at radius 3 is 2.55 bits per heavy atom. The Balaban J connectivity index is 2.19. The molecule has 7 heteroatoms. The number of hydrazone groups is 1. The lowest BCUT2D eigenvalue weighted by Gasteiger charge is -2.05. The average Bonchev–Trinajstić information content (AvgIpc) is 2.46. The van der Waals surface area contributed by atoms with Gasteiger partial charge in [0.15, 0.2) is 0 Å². The van der Waals surface area contributed by atoms with Gasteiger partial charge in [0.25, 0.3) is 10.0 Å². The molecule has 0 unspecified atom stereocenters. The van der Waals surface area contributed by atoms with Crippen molar-refractivity contribution in [2.24, 2.45) is 5.10 Å². The van der Waals surface area contributed by atoms with E-state index >= 15 is 0 Å². The minimum absolute atomic E-state index is 0.156. The molecule has 104 valence electrons. The minimum Gasteiger partial charge on any atom is -0.264 e. The van der Waals surface area contributed by atoms with Gasteiger partial charge in [-0.3, -0.25) is 4.98 Å². The summed E-state index contributed by atoms with van der Waals surface area (Å²) in [5, 5.41) is 3.89. The number of aromatic nitrogens is 1. The van der Waals surface area contributed by atoms with Crippen molar-refractivity contribution in [3.63, 3.8) is 0 Å². The summed E-state index contributed by atoms with van der Waals surface area (Å²) in [7, 11) is -3.66. The zero-order chi connectivity index (χ0) is 14.6. The SMILES string of the molecule is C/C(=N\NS(=O)(=O)c1ccc(Br)cc1)c1cccnc1. The van der Waals surface area contributed by atoms with Crippen molar-refractivity contribution in [2.75, 3.05) is 0 Å². The van der Waals surface area contributed by atoms with Crippen LogP contribution in [-0.2, 0) is 10.0 Å². The molecule has 0 spiro atoms. The summed E-state index contributed by atoms with van der Waals surface area (Å²) >= 11 is 3.26. The fourth-order valence-corrected chi connectivity index (χ4v) is 2.56. The number of benzene rings is 1. The summed E-state index contributed by atoms with van der Waals surface area (Å²) in [6.45, 7) is 1.71. The Labute approximate surface area is 125 Å². The van der Waals surface area contributed by atoms with E-state index in [1.807, 2.05) is 0 Å². The maximum Gasteiger partial charge on any atom is 0.276 e. The van der Waals surface area contributed by atoms with Crippen molar-refractivity contribution in [2.45, 2.75) is 11.8 Å². The number of nitrogens with one attached hydrogen (secondary N) is 1. The van der Waals surface area contributed by atoms with Gasteiger partial charge in [-0.15, -0.1) is 0 Å². The molecular formula is C13H12BrN3O2S. The fourth-order valence-electron chi connectivity index (χ4n) is 1.44. The normalized spacial score (nSPS) is 12.2. The molecule has 0 aliphatic rings. The number of pyridine rings is 1. The van der Waals surface area contributed by atoms with Crippen LogP contribution in [0.25, 0.3) is 0 Å². The van der Waals surface area contributed by atoms with Crippen LogP contribution in [0.3, 0.4) is 0 Å². The van der Waals surface area contributed by atoms with Crippen LogP contribution in [0.2, 0.25) is 0 Å². The first-order valence-electron chi connectivity index (χ1n) is 5.71. The summed E-state index contributed by atoms with van der Waals surface area (Å²) in [5.41, 5.74) is 1.30. The lowest BCUT2D eigenvalue weighted by molar-refractivity contribution is 0.584. The highest BCUT2D eigenvalue weighted by Crippen LogP contribution is 2.14. The Morgan fingerprint density at radius 2 is 1.95 bits per heavy atom. The number of sulfonamides is 1. The second kappa shape index (κ2) is 6.15. The van der Waals surface area contributed by atoms with E-state index in [0.717, 1.165) is 10.0 Å². The number of hydrogen-bond donors (Lipinski definition) is 1. The Morgan fingerprint density at radius 1 is 1.25 bits per heavy atom. The summed E-state index contributed by atoms with van der Waals surface area (Å²) in [5.74, 6) is 0. The minimum atomic E-state index is -3.66. The van der Waals surface area contributed by atoms with Gasteiger partial charge in [-0.05, 0) is 37.3 Å². The molecular weight excluding hydrogens is 342 g/mol. The Bertz CT molecular complexity index is 713. The van der Waals surface area contributed by atoms with Gasteiger partial charge in [0.2, 0.25) is 0 Å². The molecule has 2 aromatic rings. The topological polar surface area (TPSA) is 71.4 Å². The standard InChI is InChI=1S/C13H12BrN3O2S/c1-10(11-3-2-8-15-9-11)16-17-20(18,19)13-6-4-12(14)5-7-13/h2-9,17H,1H3/b16-10+. The molecule has 0 fully saturated rings. The third-order valence-electron chi connectivity index (χ3n) is 2.54. The summed E-state index contributed by atoms with van der Waals surface area (Å²) in [4.78, 5) is 6.32. The monoisotopic (exact) mass is 353 g/mol. The van der Waals surface area contributed by atoms with Gasteiger partial charge in [0.05, 0.1) is 10.6 Å². The van der Waals surface area contributed by atoms with Crippen LogP contribution in [0.4, 0.5) is 0 Å². The van der Waals surface area contributed by atoms with Crippen LogP contribution >= 0.6 is 15.9 Å². The van der Waals surface area contributed by atoms with E-state index in [9.17, 15) is 8.42 Å². The van der Waals surface area contributed by atoms with Crippen LogP contribution < -0.4 is 4.83 Å². The van der Waals surface area contributed by atoms with Gasteiger partial charge in [-0.1, -0.05) is 22.0 Å². The Kier molecular flexibility index (Phi) is 4.51. The first kappa shape index (κ1) is 14.7. The summed E-state index contributed by atoms with van der Waals surface area (Å²) < 4.78 is 24.9. The molecule has 5 nitrogen and oxygen atoms in total. The third kappa shape index (κ3) is 3.64. The highest BCUT2D eigenvalue weighted by molar-refractivity contribution is 9.10. The number of rotatable bonds is 4. The molecule has 0 aliphatic heterocycles. The fraction of sp³-hybridized carbons (Fsp3) is 0.0769. The van der Waals surface area contributed by atoms with E-state index in [-0.39, 0.29) is 4.90 Å². The van der Waals surface area contributed by atoms with E-state index in [0.29, 0.717) is 5.71 Å². The molecule has 0 saturated heterocycles. The quantitative estimate of drug-likeness (QED) is 0.678. The highest BCUT2D eigenvalue weighted by atomic mass is 79.9. The van der Waals surface area contributed by atoms with E-state index in [1.54, 1.807) is 43.6 Å². The zero-order valence-corrected chi connectivity index (χ0v) is 13.0. The average molecular weight is 354 g/mol. The molecule has 0 amide bonds. The van der Waals surface area contributed by atoms with Crippen molar-refractivity contribution in [1.29, 1.82) is 0 Å². The number of hydrogen-bond acceptors (Lipinski definition) is 4. The van der Waals surface area contributed by atoms with E-state index < -0.39 is 10.0 Å². The molecule has 2 rings (SSSR count). The largest absolute Gasteiger partial charge is 0.276 e. The molecule has 1 aromatic heterocycles. The van der Waals surface area contributed by atoms with Crippen molar-refractivity contribution < 1.29 is 8.42 Å². The van der Waals surface area contributed by atoms with Crippen LogP contribution in [0, 0.1) is 0 Å². The van der Waals surface area contributed by atoms with Gasteiger partial charge >= 0.3 is 0 Å². The maximum absolute atomic E-state index is 12.0. The van der Waals surface area contributed by atoms with E-state index in [4.69, 9.17) is 0 Å². The van der Waals surface area contributed by atoms with Gasteiger partial charge in [0, 0.05) is 22.4 Å². The van der Waals surface area contributed by atoms with E-state index in [1.165, 1.54) is 12.1 Å². The molecule has 1 aromatic carbocycles. The zero-order valence-electron chi connectivity index (χ0n) is 10.6. The summed E-state index contributed by atoms with van der Waals surface area (Å²) in [6, 6.07) is 9.89. The van der Waals surface area contributed by atoms with Crippen molar-refractivity contribution in [3.05, 3.63) is 58.8 Å². The highest BCUT2D eigenvalue weighted by Gasteiger charge is 2.12. The van der Waals surface area contributed by atoms with E-state index in [2.05, 4.69) is 30.8 Å². The molecule has 0 aliphatic carbocycles. The molecule has 1 heterocycles. The molecule has 20 heavy (non-hydrogen) atoms. The second-order valence-corrected chi connectivity index (χ2v) is 6.56. The Hall–Kier alpha value is -1.73. The molecule has 1 N–H and O–H groups in total. The first-order chi connectivity index (χ1) is 9.49. The van der Waals surface area contributed by atoms with Crippen LogP contribution in [0.1, 0.15) is 12.5 Å². The molecule has 0 saturated carbocycles. The smallest absolute Gasteiger partial charge is 0.264 e. The predicted molar refractivity (Wildman–Crippen MR) is 80.9 cm³/mol. The lowest BCUT2D eigenvalue weighted by atomic mass is 10.2. The van der Waals surface area contributed by atoms with Crippen LogP contribution in [-0.4, -0.2) is 19.1 Å². The van der Waals surface area contributed by atoms with Gasteiger partial charge in [0.1, 0.15) is 0 Å². The third-order valence-corrected chi connectivity index (χ3v) is 4.29. The van der Waals surface area contributed by atoms with Crippen molar-refractivity contribution >= 4 is 31.7 Å². The first-order valence-corrected chi connectivity index (χ1v) is 7.99. The summed E-state index contributed by atoms with van der Waals surface area (Å²) in [6.07, 6.45) is 3.26. The van der Waals surface area contributed by atoms with Crippen LogP contribution in [0.5, 0.6) is 0 Å². The van der Waals surface area contributed by atoms with Gasteiger partial charge in [-0.2, -0.15) is 18.4 Å². The number of nitrogens with zero attached hydrogens (tertiary/aromatic N) is 2. The number of halogens is 1. The van der Waals surface area contributed by atoms with Crippen LogP contribution in [0.15, 0.2) is 63.3 Å². The van der Waals surface area contributed by atoms with Crippen molar-refractivity contribution in [1.82, 2.24) is 9.82 Å². The molecule has 0 atom stereocenters. The molecule has 0 bridgehead atoms. The van der Waals surface area contributed by atoms with Gasteiger partial charge < -0.3 is 0 Å². The maximum atomic E-state index is 12.0. The second-order valence-electron chi connectivity index (χ2n) is 3.99. The lowest BCUT2D eigenvalue weighted by Crippen LogP contribution is -2.19. The van der Waals surface area contributed by atoms with Crippen molar-refractivity contribution in [3.8, 4) is 0 Å². The van der Waals surface area contributed by atoms with Gasteiger partial charge in [-0.25, -0.2) is 0 Å².